The van der Waals surface area contributed by atoms with E-state index in [0.717, 1.165) is 5.56 Å². The summed E-state index contributed by atoms with van der Waals surface area (Å²) in [5, 5.41) is 43.9. The SMILES string of the molecule is COc1cc2c(oc(=O)c3cc(C)cc(OC)c32)c2c([C@H]3O[C@@H]([C@H](C)O)[C@H](O)[C@H]3O)ccc(O)c12. The number of aliphatic hydroxyl groups excluding tert-OH is 3. The lowest BCUT2D eigenvalue weighted by atomic mass is 9.92. The highest BCUT2D eigenvalue weighted by Crippen LogP contribution is 2.47. The first-order valence-electron chi connectivity index (χ1n) is 11.1. The molecule has 0 spiro atoms. The fraction of sp³-hybridized carbons (Fsp3) is 0.346. The summed E-state index contributed by atoms with van der Waals surface area (Å²) in [7, 11) is 2.95. The number of phenols is 1. The number of hydrogen-bond acceptors (Lipinski definition) is 9. The summed E-state index contributed by atoms with van der Waals surface area (Å²) in [5.74, 6) is 0.619. The molecular weight excluding hydrogens is 456 g/mol. The van der Waals surface area contributed by atoms with Crippen molar-refractivity contribution in [2.75, 3.05) is 14.2 Å². The standard InChI is InChI=1S/C26H26O9/c1-10-7-14-18(16(8-10)32-3)13-9-17(33-4)20-15(28)6-5-12(19(20)24(13)35-26(14)31)25-22(30)21(29)23(34-25)11(2)27/h5-9,11,21-23,25,27-30H,1-4H3/t11-,21+,22+,23-,25+/m0/s1. The van der Waals surface area contributed by atoms with E-state index in [1.165, 1.54) is 33.3 Å². The van der Waals surface area contributed by atoms with Crippen molar-refractivity contribution in [2.45, 2.75) is 44.4 Å². The van der Waals surface area contributed by atoms with E-state index in [2.05, 4.69) is 0 Å². The second-order valence-corrected chi connectivity index (χ2v) is 8.90. The minimum atomic E-state index is -1.38. The number of aryl methyl sites for hydroxylation is 1. The van der Waals surface area contributed by atoms with Crippen LogP contribution in [0.1, 0.15) is 24.2 Å². The molecule has 5 atom stereocenters. The van der Waals surface area contributed by atoms with Gasteiger partial charge in [0.05, 0.1) is 31.1 Å². The smallest absolute Gasteiger partial charge is 0.344 e. The number of aromatic hydroxyl groups is 1. The van der Waals surface area contributed by atoms with E-state index < -0.39 is 36.1 Å². The fourth-order valence-electron chi connectivity index (χ4n) is 5.06. The summed E-state index contributed by atoms with van der Waals surface area (Å²) in [5.41, 5.74) is 0.694. The van der Waals surface area contributed by atoms with E-state index in [1.54, 1.807) is 18.2 Å². The number of rotatable bonds is 4. The molecule has 0 radical (unpaired) electrons. The Morgan fingerprint density at radius 3 is 2.26 bits per heavy atom. The summed E-state index contributed by atoms with van der Waals surface area (Å²) >= 11 is 0. The molecule has 9 nitrogen and oxygen atoms in total. The van der Waals surface area contributed by atoms with Crippen LogP contribution in [0.3, 0.4) is 0 Å². The minimum Gasteiger partial charge on any atom is -0.507 e. The molecule has 0 aliphatic carbocycles. The lowest BCUT2D eigenvalue weighted by molar-refractivity contribution is -0.0586. The van der Waals surface area contributed by atoms with Crippen LogP contribution in [0.5, 0.6) is 17.2 Å². The number of fused-ring (bicyclic) bond motifs is 5. The fourth-order valence-corrected chi connectivity index (χ4v) is 5.06. The van der Waals surface area contributed by atoms with Crippen molar-refractivity contribution in [3.8, 4) is 17.2 Å². The number of hydrogen-bond donors (Lipinski definition) is 4. The molecule has 0 amide bonds. The third-order valence-electron chi connectivity index (χ3n) is 6.66. The maximum absolute atomic E-state index is 13.1. The Morgan fingerprint density at radius 1 is 0.943 bits per heavy atom. The van der Waals surface area contributed by atoms with Gasteiger partial charge in [0.15, 0.2) is 0 Å². The molecule has 1 aromatic heterocycles. The minimum absolute atomic E-state index is 0.136. The van der Waals surface area contributed by atoms with Crippen molar-refractivity contribution in [1.29, 1.82) is 0 Å². The molecule has 3 aromatic carbocycles. The molecule has 5 rings (SSSR count). The van der Waals surface area contributed by atoms with Gasteiger partial charge in [0, 0.05) is 16.2 Å². The predicted molar refractivity (Wildman–Crippen MR) is 128 cm³/mol. The van der Waals surface area contributed by atoms with Crippen molar-refractivity contribution in [1.82, 2.24) is 0 Å². The van der Waals surface area contributed by atoms with Crippen molar-refractivity contribution < 1.29 is 39.1 Å². The first kappa shape index (κ1) is 23.4. The molecule has 0 saturated carbocycles. The maximum Gasteiger partial charge on any atom is 0.344 e. The van der Waals surface area contributed by atoms with Crippen LogP contribution in [-0.4, -0.2) is 59.1 Å². The molecule has 4 aromatic rings. The van der Waals surface area contributed by atoms with Crippen LogP contribution in [0.15, 0.2) is 39.5 Å². The molecule has 2 heterocycles. The van der Waals surface area contributed by atoms with Crippen LogP contribution in [-0.2, 0) is 4.74 Å². The molecule has 9 heteroatoms. The highest BCUT2D eigenvalue weighted by molar-refractivity contribution is 6.19. The summed E-state index contributed by atoms with van der Waals surface area (Å²) in [4.78, 5) is 13.1. The van der Waals surface area contributed by atoms with Gasteiger partial charge in [-0.25, -0.2) is 4.79 Å². The topological polar surface area (TPSA) is 139 Å². The van der Waals surface area contributed by atoms with Gasteiger partial charge < -0.3 is 39.1 Å². The lowest BCUT2D eigenvalue weighted by Crippen LogP contribution is -2.36. The van der Waals surface area contributed by atoms with Gasteiger partial charge in [-0.2, -0.15) is 0 Å². The Kier molecular flexibility index (Phi) is 5.60. The molecule has 1 aliphatic rings. The second-order valence-electron chi connectivity index (χ2n) is 8.90. The van der Waals surface area contributed by atoms with Crippen LogP contribution >= 0.6 is 0 Å². The lowest BCUT2D eigenvalue weighted by Gasteiger charge is -2.20. The quantitative estimate of drug-likeness (QED) is 0.255. The van der Waals surface area contributed by atoms with Gasteiger partial charge in [-0.05, 0) is 49.2 Å². The van der Waals surface area contributed by atoms with Gasteiger partial charge in [-0.1, -0.05) is 6.07 Å². The summed E-state index contributed by atoms with van der Waals surface area (Å²) < 4.78 is 22.9. The number of ether oxygens (including phenoxy) is 3. The number of methoxy groups -OCH3 is 2. The van der Waals surface area contributed by atoms with Crippen LogP contribution in [0, 0.1) is 6.92 Å². The zero-order valence-electron chi connectivity index (χ0n) is 19.6. The predicted octanol–water partition coefficient (Wildman–Crippen LogP) is 2.67. The Balaban J connectivity index is 1.95. The van der Waals surface area contributed by atoms with Gasteiger partial charge in [0.25, 0.3) is 0 Å². The van der Waals surface area contributed by atoms with E-state index >= 15 is 0 Å². The molecule has 1 aliphatic heterocycles. The zero-order valence-corrected chi connectivity index (χ0v) is 19.6. The molecule has 184 valence electrons. The molecule has 0 unspecified atom stereocenters. The number of benzene rings is 3. The molecule has 1 saturated heterocycles. The third-order valence-corrected chi connectivity index (χ3v) is 6.66. The van der Waals surface area contributed by atoms with E-state index in [1.807, 2.05) is 6.92 Å². The van der Waals surface area contributed by atoms with Gasteiger partial charge >= 0.3 is 5.63 Å². The van der Waals surface area contributed by atoms with Gasteiger partial charge in [0.1, 0.15) is 47.2 Å². The molecule has 1 fully saturated rings. The third kappa shape index (κ3) is 3.42. The normalized spacial score (nSPS) is 23.3. The van der Waals surface area contributed by atoms with Crippen LogP contribution in [0.2, 0.25) is 0 Å². The maximum atomic E-state index is 13.1. The van der Waals surface area contributed by atoms with Crippen molar-refractivity contribution in [3.63, 3.8) is 0 Å². The van der Waals surface area contributed by atoms with Crippen molar-refractivity contribution in [3.05, 3.63) is 51.9 Å². The monoisotopic (exact) mass is 482 g/mol. The molecular formula is C26H26O9. The molecule has 35 heavy (non-hydrogen) atoms. The molecule has 4 N–H and O–H groups in total. The Bertz CT molecular complexity index is 1520. The van der Waals surface area contributed by atoms with E-state index in [9.17, 15) is 25.2 Å². The van der Waals surface area contributed by atoms with Crippen LogP contribution in [0.4, 0.5) is 0 Å². The second kappa shape index (κ2) is 8.39. The number of aliphatic hydroxyl groups is 3. The molecule has 0 bridgehead atoms. The summed E-state index contributed by atoms with van der Waals surface area (Å²) in [6.45, 7) is 3.29. The van der Waals surface area contributed by atoms with Crippen molar-refractivity contribution in [2.24, 2.45) is 0 Å². The van der Waals surface area contributed by atoms with E-state index in [0.29, 0.717) is 33.2 Å². The average molecular weight is 482 g/mol. The Labute approximate surface area is 199 Å². The number of phenolic OH excluding ortho intramolecular Hbond substituents is 1. The zero-order chi connectivity index (χ0) is 25.2. The van der Waals surface area contributed by atoms with Gasteiger partial charge in [0.2, 0.25) is 0 Å². The highest BCUT2D eigenvalue weighted by atomic mass is 16.6. The van der Waals surface area contributed by atoms with E-state index in [4.69, 9.17) is 18.6 Å². The van der Waals surface area contributed by atoms with Crippen molar-refractivity contribution >= 4 is 32.5 Å². The summed E-state index contributed by atoms with van der Waals surface area (Å²) in [6, 6.07) is 8.10. The largest absolute Gasteiger partial charge is 0.507 e. The Hall–Kier alpha value is -3.37. The van der Waals surface area contributed by atoms with Crippen LogP contribution in [0.25, 0.3) is 32.5 Å². The van der Waals surface area contributed by atoms with Crippen LogP contribution < -0.4 is 15.1 Å². The van der Waals surface area contributed by atoms with E-state index in [-0.39, 0.29) is 22.1 Å². The Morgan fingerprint density at radius 2 is 1.63 bits per heavy atom. The first-order chi connectivity index (χ1) is 16.7. The first-order valence-corrected chi connectivity index (χ1v) is 11.1. The summed E-state index contributed by atoms with van der Waals surface area (Å²) in [6.07, 6.45) is -5.89. The van der Waals surface area contributed by atoms with Gasteiger partial charge in [-0.3, -0.25) is 0 Å². The van der Waals surface area contributed by atoms with Gasteiger partial charge in [-0.15, -0.1) is 0 Å². The average Bonchev–Trinajstić information content (AvgIpc) is 3.13. The highest BCUT2D eigenvalue weighted by Gasteiger charge is 2.46.